The van der Waals surface area contributed by atoms with Gasteiger partial charge in [-0.15, -0.1) is 0 Å². The van der Waals surface area contributed by atoms with Crippen molar-refractivity contribution < 1.29 is 4.79 Å². The number of carbonyl (C=O) groups is 1. The highest BCUT2D eigenvalue weighted by atomic mass is 16.1. The van der Waals surface area contributed by atoms with Crippen LogP contribution >= 0.6 is 0 Å². The van der Waals surface area contributed by atoms with Crippen LogP contribution in [0.25, 0.3) is 0 Å². The average molecular weight is 271 g/mol. The topological polar surface area (TPSA) is 17.1 Å². The number of hydrogen-bond donors (Lipinski definition) is 0. The van der Waals surface area contributed by atoms with E-state index < -0.39 is 0 Å². The molecule has 1 rings (SSSR count). The number of carbonyl (C=O) groups excluding carboxylic acids is 1. The molecule has 0 amide bonds. The molecule has 0 heterocycles. The average Bonchev–Trinajstić information content (AvgIpc) is 2.51. The van der Waals surface area contributed by atoms with Crippen LogP contribution in [-0.4, -0.2) is 6.29 Å². The molecule has 0 aliphatic heterocycles. The molecular formula is C18H38O. The lowest BCUT2D eigenvalue weighted by atomic mass is 9.70. The Hall–Kier alpha value is -0.330. The van der Waals surface area contributed by atoms with Crippen LogP contribution in [0.5, 0.6) is 0 Å². The largest absolute Gasteiger partial charge is 0.303 e. The summed E-state index contributed by atoms with van der Waals surface area (Å²) in [5.74, 6) is 2.92. The molecule has 0 spiro atoms. The lowest BCUT2D eigenvalue weighted by molar-refractivity contribution is -0.112. The zero-order valence-corrected chi connectivity index (χ0v) is 14.5. The zero-order chi connectivity index (χ0) is 15.3. The Kier molecular flexibility index (Phi) is 15.6. The van der Waals surface area contributed by atoms with Crippen molar-refractivity contribution in [2.45, 2.75) is 87.0 Å². The molecule has 4 unspecified atom stereocenters. The van der Waals surface area contributed by atoms with Gasteiger partial charge < -0.3 is 4.79 Å². The molecule has 1 aliphatic rings. The minimum atomic E-state index is 0.364. The van der Waals surface area contributed by atoms with Crippen LogP contribution in [0.15, 0.2) is 0 Å². The fourth-order valence-electron chi connectivity index (χ4n) is 2.98. The van der Waals surface area contributed by atoms with E-state index in [2.05, 4.69) is 20.8 Å². The summed E-state index contributed by atoms with van der Waals surface area (Å²) in [5, 5.41) is 0. The van der Waals surface area contributed by atoms with Gasteiger partial charge in [0, 0.05) is 5.92 Å². The number of hydrogen-bond acceptors (Lipinski definition) is 1. The van der Waals surface area contributed by atoms with Gasteiger partial charge >= 0.3 is 0 Å². The minimum absolute atomic E-state index is 0.364. The lowest BCUT2D eigenvalue weighted by Crippen LogP contribution is -2.26. The zero-order valence-electron chi connectivity index (χ0n) is 14.5. The lowest BCUT2D eigenvalue weighted by Gasteiger charge is -2.35. The van der Waals surface area contributed by atoms with Gasteiger partial charge in [0.15, 0.2) is 0 Å². The van der Waals surface area contributed by atoms with Gasteiger partial charge in [0.1, 0.15) is 6.29 Å². The fraction of sp³-hybridized carbons (Fsp3) is 0.944. The van der Waals surface area contributed by atoms with E-state index in [1.54, 1.807) is 0 Å². The highest BCUT2D eigenvalue weighted by molar-refractivity contribution is 5.53. The SMILES string of the molecule is CC.CC.CCC(C)CC1CCC(C=O)CC1CC. The van der Waals surface area contributed by atoms with E-state index in [1.807, 2.05) is 27.7 Å². The Bertz CT molecular complexity index is 188. The Labute approximate surface area is 122 Å². The van der Waals surface area contributed by atoms with Crippen LogP contribution in [-0.2, 0) is 4.79 Å². The smallest absolute Gasteiger partial charge is 0.123 e. The van der Waals surface area contributed by atoms with Crippen LogP contribution < -0.4 is 0 Å². The van der Waals surface area contributed by atoms with Gasteiger partial charge in [-0.05, 0) is 43.4 Å². The Balaban J connectivity index is 0. The van der Waals surface area contributed by atoms with Gasteiger partial charge in [-0.1, -0.05) is 61.3 Å². The van der Waals surface area contributed by atoms with Crippen molar-refractivity contribution in [3.63, 3.8) is 0 Å². The van der Waals surface area contributed by atoms with Crippen LogP contribution in [0.1, 0.15) is 87.0 Å². The Morgan fingerprint density at radius 1 is 1.05 bits per heavy atom. The van der Waals surface area contributed by atoms with Crippen LogP contribution in [0.2, 0.25) is 0 Å². The van der Waals surface area contributed by atoms with Gasteiger partial charge in [-0.2, -0.15) is 0 Å². The molecule has 116 valence electrons. The first-order chi connectivity index (χ1) is 9.21. The van der Waals surface area contributed by atoms with Gasteiger partial charge in [0.2, 0.25) is 0 Å². The van der Waals surface area contributed by atoms with E-state index in [4.69, 9.17) is 0 Å². The van der Waals surface area contributed by atoms with Gasteiger partial charge in [0.05, 0.1) is 0 Å². The maximum Gasteiger partial charge on any atom is 0.123 e. The summed E-state index contributed by atoms with van der Waals surface area (Å²) < 4.78 is 0. The summed E-state index contributed by atoms with van der Waals surface area (Å²) >= 11 is 0. The third-order valence-electron chi connectivity index (χ3n) is 4.30. The molecular weight excluding hydrogens is 232 g/mol. The molecule has 0 radical (unpaired) electrons. The van der Waals surface area contributed by atoms with E-state index >= 15 is 0 Å². The second-order valence-corrected chi connectivity index (χ2v) is 5.39. The van der Waals surface area contributed by atoms with Crippen molar-refractivity contribution in [1.29, 1.82) is 0 Å². The molecule has 0 aromatic heterocycles. The van der Waals surface area contributed by atoms with E-state index in [9.17, 15) is 4.79 Å². The second-order valence-electron chi connectivity index (χ2n) is 5.39. The monoisotopic (exact) mass is 270 g/mol. The molecule has 1 nitrogen and oxygen atoms in total. The van der Waals surface area contributed by atoms with E-state index in [0.717, 1.165) is 30.6 Å². The predicted molar refractivity (Wildman–Crippen MR) is 87.4 cm³/mol. The van der Waals surface area contributed by atoms with Gasteiger partial charge in [-0.25, -0.2) is 0 Å². The van der Waals surface area contributed by atoms with E-state index in [1.165, 1.54) is 32.0 Å². The Morgan fingerprint density at radius 3 is 2.05 bits per heavy atom. The summed E-state index contributed by atoms with van der Waals surface area (Å²) in [4.78, 5) is 10.8. The standard InChI is InChI=1S/C14H26O.2C2H6/c1-4-11(3)8-14-7-6-12(10-15)9-13(14)5-2;2*1-2/h10-14H,4-9H2,1-3H3;2*1-2H3. The molecule has 0 aromatic rings. The summed E-state index contributed by atoms with van der Waals surface area (Å²) in [6, 6.07) is 0. The van der Waals surface area contributed by atoms with Crippen molar-refractivity contribution in [2.75, 3.05) is 0 Å². The number of rotatable bonds is 5. The summed E-state index contributed by atoms with van der Waals surface area (Å²) in [6.07, 6.45) is 8.69. The van der Waals surface area contributed by atoms with Gasteiger partial charge in [-0.3, -0.25) is 0 Å². The third-order valence-corrected chi connectivity index (χ3v) is 4.30. The second kappa shape index (κ2) is 14.1. The summed E-state index contributed by atoms with van der Waals surface area (Å²) in [5.41, 5.74) is 0. The van der Waals surface area contributed by atoms with E-state index in [0.29, 0.717) is 5.92 Å². The van der Waals surface area contributed by atoms with Crippen molar-refractivity contribution in [3.05, 3.63) is 0 Å². The van der Waals surface area contributed by atoms with Crippen molar-refractivity contribution in [3.8, 4) is 0 Å². The maximum atomic E-state index is 10.8. The molecule has 1 saturated carbocycles. The predicted octanol–water partition coefficient (Wildman–Crippen LogP) is 6.12. The molecule has 1 heteroatoms. The summed E-state index contributed by atoms with van der Waals surface area (Å²) in [6.45, 7) is 14.9. The highest BCUT2D eigenvalue weighted by Gasteiger charge is 2.29. The molecule has 0 aromatic carbocycles. The highest BCUT2D eigenvalue weighted by Crippen LogP contribution is 2.38. The van der Waals surface area contributed by atoms with E-state index in [-0.39, 0.29) is 0 Å². The van der Waals surface area contributed by atoms with Crippen molar-refractivity contribution in [1.82, 2.24) is 0 Å². The molecule has 19 heavy (non-hydrogen) atoms. The minimum Gasteiger partial charge on any atom is -0.303 e. The first kappa shape index (κ1) is 21.0. The quantitative estimate of drug-likeness (QED) is 0.550. The first-order valence-electron chi connectivity index (χ1n) is 8.66. The summed E-state index contributed by atoms with van der Waals surface area (Å²) in [7, 11) is 0. The van der Waals surface area contributed by atoms with Crippen LogP contribution in [0.3, 0.4) is 0 Å². The molecule has 0 N–H and O–H groups in total. The van der Waals surface area contributed by atoms with Crippen molar-refractivity contribution in [2.24, 2.45) is 23.7 Å². The molecule has 0 saturated heterocycles. The van der Waals surface area contributed by atoms with Gasteiger partial charge in [0.25, 0.3) is 0 Å². The Morgan fingerprint density at radius 2 is 1.63 bits per heavy atom. The molecule has 1 aliphatic carbocycles. The third kappa shape index (κ3) is 8.44. The molecule has 1 fully saturated rings. The fourth-order valence-corrected chi connectivity index (χ4v) is 2.98. The number of aldehydes is 1. The molecule has 4 atom stereocenters. The maximum absolute atomic E-state index is 10.8. The first-order valence-corrected chi connectivity index (χ1v) is 8.66. The van der Waals surface area contributed by atoms with Crippen LogP contribution in [0.4, 0.5) is 0 Å². The normalized spacial score (nSPS) is 27.2. The molecule has 0 bridgehead atoms. The van der Waals surface area contributed by atoms with Crippen molar-refractivity contribution >= 4 is 6.29 Å². The van der Waals surface area contributed by atoms with Crippen LogP contribution in [0, 0.1) is 23.7 Å².